The van der Waals surface area contributed by atoms with E-state index >= 15 is 0 Å². The fourth-order valence-corrected chi connectivity index (χ4v) is 2.08. The molecule has 0 fully saturated rings. The molecule has 0 heterocycles. The van der Waals surface area contributed by atoms with Gasteiger partial charge in [-0.15, -0.1) is 0 Å². The number of thiocarbonyl (C=S) groups is 1. The second-order valence-corrected chi connectivity index (χ2v) is 5.89. The van der Waals surface area contributed by atoms with Gasteiger partial charge in [0, 0.05) is 10.2 Å². The van der Waals surface area contributed by atoms with E-state index < -0.39 is 0 Å². The van der Waals surface area contributed by atoms with E-state index in [4.69, 9.17) is 12.2 Å². The summed E-state index contributed by atoms with van der Waals surface area (Å²) in [6.45, 7) is 1.91. The third-order valence-electron chi connectivity index (χ3n) is 2.75. The van der Waals surface area contributed by atoms with Crippen molar-refractivity contribution in [2.24, 2.45) is 5.10 Å². The molecule has 112 valence electrons. The van der Waals surface area contributed by atoms with Gasteiger partial charge in [0.25, 0.3) is 0 Å². The monoisotopic (exact) mass is 373 g/mol. The Balaban J connectivity index is 1.86. The predicted octanol–water partition coefficient (Wildman–Crippen LogP) is 4.82. The van der Waals surface area contributed by atoms with Crippen molar-refractivity contribution >= 4 is 50.7 Å². The van der Waals surface area contributed by atoms with Crippen LogP contribution in [0.4, 0.5) is 5.69 Å². The Hall–Kier alpha value is -1.98. The molecule has 0 aliphatic rings. The minimum atomic E-state index is 0.454. The zero-order valence-electron chi connectivity index (χ0n) is 12.1. The van der Waals surface area contributed by atoms with Gasteiger partial charge in [-0.25, -0.2) is 0 Å². The summed E-state index contributed by atoms with van der Waals surface area (Å²) in [6, 6.07) is 17.8. The van der Waals surface area contributed by atoms with Crippen LogP contribution >= 0.6 is 28.1 Å². The minimum absolute atomic E-state index is 0.454. The molecule has 0 aromatic heterocycles. The predicted molar refractivity (Wildman–Crippen MR) is 102 cm³/mol. The maximum absolute atomic E-state index is 5.20. The van der Waals surface area contributed by atoms with Gasteiger partial charge >= 0.3 is 0 Å². The summed E-state index contributed by atoms with van der Waals surface area (Å²) in [5.74, 6) is 0. The molecule has 3 nitrogen and oxygen atoms in total. The summed E-state index contributed by atoms with van der Waals surface area (Å²) < 4.78 is 1.02. The quantitative estimate of drug-likeness (QED) is 0.458. The van der Waals surface area contributed by atoms with Crippen LogP contribution in [-0.2, 0) is 0 Å². The average Bonchev–Trinajstić information content (AvgIpc) is 2.54. The topological polar surface area (TPSA) is 36.4 Å². The van der Waals surface area contributed by atoms with E-state index in [2.05, 4.69) is 31.8 Å². The van der Waals surface area contributed by atoms with Crippen molar-refractivity contribution in [1.29, 1.82) is 0 Å². The molecule has 0 unspecified atom stereocenters. The highest BCUT2D eigenvalue weighted by Crippen LogP contribution is 2.13. The van der Waals surface area contributed by atoms with Gasteiger partial charge < -0.3 is 5.32 Å². The molecule has 2 rings (SSSR count). The highest BCUT2D eigenvalue weighted by atomic mass is 79.9. The number of benzene rings is 2. The molecule has 0 aliphatic carbocycles. The highest BCUT2D eigenvalue weighted by molar-refractivity contribution is 9.10. The molecule has 22 heavy (non-hydrogen) atoms. The standard InChI is InChI=1S/C17H16BrN3S/c1-13(7-8-14-5-3-2-4-6-14)20-21-17(22)19-16-11-9-15(18)10-12-16/h2-12H,1H3,(H2,19,21,22)/b8-7?,20-13+. The Morgan fingerprint density at radius 2 is 1.77 bits per heavy atom. The molecule has 5 heteroatoms. The number of hydrogen-bond acceptors (Lipinski definition) is 2. The van der Waals surface area contributed by atoms with Crippen molar-refractivity contribution in [3.8, 4) is 0 Å². The Morgan fingerprint density at radius 1 is 1.09 bits per heavy atom. The molecule has 0 amide bonds. The highest BCUT2D eigenvalue weighted by Gasteiger charge is 1.96. The summed E-state index contributed by atoms with van der Waals surface area (Å²) >= 11 is 8.59. The zero-order chi connectivity index (χ0) is 15.8. The number of hydrazone groups is 1. The third-order valence-corrected chi connectivity index (χ3v) is 3.47. The summed E-state index contributed by atoms with van der Waals surface area (Å²) in [6.07, 6.45) is 3.94. The Bertz CT molecular complexity index is 679. The maximum atomic E-state index is 5.20. The number of nitrogens with zero attached hydrogens (tertiary/aromatic N) is 1. The smallest absolute Gasteiger partial charge is 0.191 e. The lowest BCUT2D eigenvalue weighted by Crippen LogP contribution is -2.24. The van der Waals surface area contributed by atoms with Crippen LogP contribution < -0.4 is 10.7 Å². The van der Waals surface area contributed by atoms with Crippen LogP contribution in [0.1, 0.15) is 12.5 Å². The van der Waals surface area contributed by atoms with Crippen molar-refractivity contribution in [2.75, 3.05) is 5.32 Å². The molecule has 0 atom stereocenters. The van der Waals surface area contributed by atoms with Gasteiger partial charge in [-0.05, 0) is 55.0 Å². The van der Waals surface area contributed by atoms with E-state index in [-0.39, 0.29) is 0 Å². The van der Waals surface area contributed by atoms with Crippen molar-refractivity contribution in [3.05, 3.63) is 70.7 Å². The number of hydrogen-bond donors (Lipinski definition) is 2. The van der Waals surface area contributed by atoms with Gasteiger partial charge in [-0.2, -0.15) is 5.10 Å². The van der Waals surface area contributed by atoms with Crippen LogP contribution in [0.25, 0.3) is 6.08 Å². The number of anilines is 1. The van der Waals surface area contributed by atoms with Crippen LogP contribution in [0.5, 0.6) is 0 Å². The van der Waals surface area contributed by atoms with Crippen LogP contribution in [-0.4, -0.2) is 10.8 Å². The molecule has 0 aliphatic heterocycles. The van der Waals surface area contributed by atoms with Crippen LogP contribution in [0.2, 0.25) is 0 Å². The summed E-state index contributed by atoms with van der Waals surface area (Å²) in [7, 11) is 0. The number of allylic oxidation sites excluding steroid dienone is 1. The molecule has 0 bridgehead atoms. The molecule has 2 aromatic rings. The number of nitrogens with one attached hydrogen (secondary N) is 2. The first kappa shape index (κ1) is 16.4. The molecule has 0 saturated carbocycles. The van der Waals surface area contributed by atoms with Gasteiger partial charge in [0.05, 0.1) is 5.71 Å². The molecule has 0 saturated heterocycles. The molecule has 2 N–H and O–H groups in total. The molecular weight excluding hydrogens is 358 g/mol. The normalized spacial score (nSPS) is 11.5. The largest absolute Gasteiger partial charge is 0.331 e. The first-order valence-corrected chi connectivity index (χ1v) is 7.93. The fraction of sp³-hybridized carbons (Fsp3) is 0.0588. The first-order valence-electron chi connectivity index (χ1n) is 6.73. The summed E-state index contributed by atoms with van der Waals surface area (Å²) in [5, 5.41) is 7.74. The molecular formula is C17H16BrN3S. The van der Waals surface area contributed by atoms with Gasteiger partial charge in [-0.1, -0.05) is 52.3 Å². The molecule has 2 aromatic carbocycles. The molecule has 0 radical (unpaired) electrons. The maximum Gasteiger partial charge on any atom is 0.191 e. The van der Waals surface area contributed by atoms with Crippen molar-refractivity contribution < 1.29 is 0 Å². The van der Waals surface area contributed by atoms with Crippen LogP contribution in [0, 0.1) is 0 Å². The SMILES string of the molecule is C/C(C=Cc1ccccc1)=N\NC(=S)Nc1ccc(Br)cc1. The summed E-state index contributed by atoms with van der Waals surface area (Å²) in [5.41, 5.74) is 5.71. The lowest BCUT2D eigenvalue weighted by Gasteiger charge is -2.07. The van der Waals surface area contributed by atoms with E-state index in [0.29, 0.717) is 5.11 Å². The fourth-order valence-electron chi connectivity index (χ4n) is 1.65. The van der Waals surface area contributed by atoms with E-state index in [9.17, 15) is 0 Å². The second kappa shape index (κ2) is 8.46. The number of halogens is 1. The minimum Gasteiger partial charge on any atom is -0.331 e. The van der Waals surface area contributed by atoms with Crippen LogP contribution in [0.15, 0.2) is 70.2 Å². The third kappa shape index (κ3) is 5.79. The average molecular weight is 374 g/mol. The van der Waals surface area contributed by atoms with Crippen molar-refractivity contribution in [3.63, 3.8) is 0 Å². The van der Waals surface area contributed by atoms with Crippen molar-refractivity contribution in [2.45, 2.75) is 6.92 Å². The summed E-state index contributed by atoms with van der Waals surface area (Å²) in [4.78, 5) is 0. The van der Waals surface area contributed by atoms with Gasteiger partial charge in [0.1, 0.15) is 0 Å². The lowest BCUT2D eigenvalue weighted by molar-refractivity contribution is 1.04. The number of rotatable bonds is 4. The van der Waals surface area contributed by atoms with E-state index in [0.717, 1.165) is 21.4 Å². The van der Waals surface area contributed by atoms with Gasteiger partial charge in [-0.3, -0.25) is 5.43 Å². The van der Waals surface area contributed by atoms with Gasteiger partial charge in [0.15, 0.2) is 5.11 Å². The molecule has 0 spiro atoms. The zero-order valence-corrected chi connectivity index (χ0v) is 14.5. The Morgan fingerprint density at radius 3 is 2.45 bits per heavy atom. The van der Waals surface area contributed by atoms with Gasteiger partial charge in [0.2, 0.25) is 0 Å². The van der Waals surface area contributed by atoms with E-state index in [1.165, 1.54) is 0 Å². The van der Waals surface area contributed by atoms with Crippen molar-refractivity contribution in [1.82, 2.24) is 5.43 Å². The lowest BCUT2D eigenvalue weighted by atomic mass is 10.2. The Labute approximate surface area is 144 Å². The van der Waals surface area contributed by atoms with E-state index in [1.807, 2.05) is 73.7 Å². The first-order chi connectivity index (χ1) is 10.6. The Kier molecular flexibility index (Phi) is 6.30. The van der Waals surface area contributed by atoms with E-state index in [1.54, 1.807) is 0 Å². The van der Waals surface area contributed by atoms with Crippen LogP contribution in [0.3, 0.4) is 0 Å². The second-order valence-electron chi connectivity index (χ2n) is 4.57.